The number of nitrogens with two attached hydrogens (primary N) is 1. The second-order valence-electron chi connectivity index (χ2n) is 5.01. The van der Waals surface area contributed by atoms with Crippen molar-refractivity contribution in [2.45, 2.75) is 32.2 Å². The normalized spacial score (nSPS) is 17.8. The van der Waals surface area contributed by atoms with Gasteiger partial charge in [-0.25, -0.2) is 0 Å². The Morgan fingerprint density at radius 2 is 2.06 bits per heavy atom. The number of carbonyl (C=O) groups is 1. The van der Waals surface area contributed by atoms with E-state index in [1.54, 1.807) is 0 Å². The average Bonchev–Trinajstić information content (AvgIpc) is 3.11. The first-order valence-electron chi connectivity index (χ1n) is 6.19. The third-order valence-electron chi connectivity index (χ3n) is 3.42. The number of amides is 1. The predicted molar refractivity (Wildman–Crippen MR) is 76.2 cm³/mol. The maximum Gasteiger partial charge on any atom is 0.233 e. The molecule has 2 rings (SSSR count). The zero-order valence-electron chi connectivity index (χ0n) is 10.5. The largest absolute Gasteiger partial charge is 0.392 e. The van der Waals surface area contributed by atoms with Gasteiger partial charge in [0.15, 0.2) is 0 Å². The summed E-state index contributed by atoms with van der Waals surface area (Å²) in [6.45, 7) is 2.00. The number of nitrogens with one attached hydrogen (secondary N) is 1. The lowest BCUT2D eigenvalue weighted by molar-refractivity contribution is -0.124. The van der Waals surface area contributed by atoms with E-state index in [-0.39, 0.29) is 11.9 Å². The fourth-order valence-electron chi connectivity index (χ4n) is 2.09. The second-order valence-corrected chi connectivity index (χ2v) is 5.45. The molecule has 1 aliphatic carbocycles. The molecule has 0 aliphatic heterocycles. The van der Waals surface area contributed by atoms with E-state index in [2.05, 4.69) is 17.4 Å². The molecule has 0 heterocycles. The Morgan fingerprint density at radius 3 is 2.56 bits per heavy atom. The van der Waals surface area contributed by atoms with Gasteiger partial charge in [0, 0.05) is 6.04 Å². The third-order valence-corrected chi connectivity index (χ3v) is 3.81. The van der Waals surface area contributed by atoms with Crippen molar-refractivity contribution >= 4 is 23.1 Å². The summed E-state index contributed by atoms with van der Waals surface area (Å²) in [5.74, 6) is -0.0153. The van der Waals surface area contributed by atoms with Crippen LogP contribution in [0.25, 0.3) is 0 Å². The summed E-state index contributed by atoms with van der Waals surface area (Å²) < 4.78 is 0. The van der Waals surface area contributed by atoms with E-state index in [1.807, 2.05) is 25.1 Å². The second kappa shape index (κ2) is 5.06. The highest BCUT2D eigenvalue weighted by atomic mass is 32.1. The lowest BCUT2D eigenvalue weighted by Gasteiger charge is -2.18. The highest BCUT2D eigenvalue weighted by Gasteiger charge is 2.52. The summed E-state index contributed by atoms with van der Waals surface area (Å²) in [7, 11) is 0. The number of thiocarbonyl (C=S) groups is 1. The summed E-state index contributed by atoms with van der Waals surface area (Å²) in [6.07, 6.45) is 2.39. The van der Waals surface area contributed by atoms with Crippen LogP contribution in [-0.4, -0.2) is 16.9 Å². The van der Waals surface area contributed by atoms with Crippen LogP contribution in [0.3, 0.4) is 0 Å². The Labute approximate surface area is 113 Å². The Kier molecular flexibility index (Phi) is 3.66. The van der Waals surface area contributed by atoms with Crippen LogP contribution in [0.4, 0.5) is 0 Å². The van der Waals surface area contributed by atoms with Crippen LogP contribution < -0.4 is 11.1 Å². The molecule has 1 atom stereocenters. The molecule has 1 aliphatic rings. The first kappa shape index (κ1) is 13.0. The molecule has 3 N–H and O–H groups in total. The molecule has 0 radical (unpaired) electrons. The topological polar surface area (TPSA) is 55.1 Å². The maximum absolute atomic E-state index is 12.1. The maximum atomic E-state index is 12.1. The van der Waals surface area contributed by atoms with E-state index in [0.29, 0.717) is 4.99 Å². The zero-order chi connectivity index (χ0) is 13.2. The molecule has 1 aromatic carbocycles. The molecule has 0 spiro atoms. The van der Waals surface area contributed by atoms with E-state index >= 15 is 0 Å². The highest BCUT2D eigenvalue weighted by molar-refractivity contribution is 7.80. The van der Waals surface area contributed by atoms with Gasteiger partial charge >= 0.3 is 0 Å². The van der Waals surface area contributed by atoms with Crippen molar-refractivity contribution in [2.75, 3.05) is 0 Å². The molecule has 1 saturated carbocycles. The van der Waals surface area contributed by atoms with Crippen LogP contribution in [0, 0.1) is 5.41 Å². The fraction of sp³-hybridized carbons (Fsp3) is 0.429. The quantitative estimate of drug-likeness (QED) is 0.796. The average molecular weight is 262 g/mol. The van der Waals surface area contributed by atoms with Gasteiger partial charge < -0.3 is 11.1 Å². The van der Waals surface area contributed by atoms with E-state index in [9.17, 15) is 4.79 Å². The lowest BCUT2D eigenvalue weighted by atomic mass is 10.0. The first-order valence-corrected chi connectivity index (χ1v) is 6.60. The Morgan fingerprint density at radius 1 is 1.44 bits per heavy atom. The van der Waals surface area contributed by atoms with Crippen molar-refractivity contribution < 1.29 is 4.79 Å². The first-order chi connectivity index (χ1) is 8.54. The number of benzene rings is 1. The van der Waals surface area contributed by atoms with Gasteiger partial charge in [-0.1, -0.05) is 42.5 Å². The van der Waals surface area contributed by atoms with Crippen LogP contribution in [0.15, 0.2) is 30.3 Å². The summed E-state index contributed by atoms with van der Waals surface area (Å²) in [5.41, 5.74) is 6.29. The van der Waals surface area contributed by atoms with Crippen molar-refractivity contribution in [3.05, 3.63) is 35.9 Å². The van der Waals surface area contributed by atoms with Gasteiger partial charge in [0.1, 0.15) is 0 Å². The van der Waals surface area contributed by atoms with E-state index in [0.717, 1.165) is 19.3 Å². The van der Waals surface area contributed by atoms with Crippen LogP contribution in [0.2, 0.25) is 0 Å². The summed E-state index contributed by atoms with van der Waals surface area (Å²) in [4.78, 5) is 12.4. The SMILES string of the molecule is CC(Cc1ccccc1)NC(=O)C1(C(N)=S)CC1. The molecule has 1 aromatic rings. The van der Waals surface area contributed by atoms with Crippen LogP contribution >= 0.6 is 12.2 Å². The van der Waals surface area contributed by atoms with Gasteiger partial charge in [0.25, 0.3) is 0 Å². The minimum absolute atomic E-state index is 0.0153. The highest BCUT2D eigenvalue weighted by Crippen LogP contribution is 2.46. The molecule has 1 fully saturated rings. The monoisotopic (exact) mass is 262 g/mol. The minimum atomic E-state index is -0.555. The van der Waals surface area contributed by atoms with Crippen molar-refractivity contribution in [3.8, 4) is 0 Å². The smallest absolute Gasteiger partial charge is 0.233 e. The number of rotatable bonds is 5. The van der Waals surface area contributed by atoms with Crippen molar-refractivity contribution in [1.82, 2.24) is 5.32 Å². The number of carbonyl (C=O) groups excluding carboxylic acids is 1. The third kappa shape index (κ3) is 2.70. The zero-order valence-corrected chi connectivity index (χ0v) is 11.3. The van der Waals surface area contributed by atoms with E-state index < -0.39 is 5.41 Å². The number of hydrogen-bond acceptors (Lipinski definition) is 2. The van der Waals surface area contributed by atoms with Gasteiger partial charge in [-0.15, -0.1) is 0 Å². The molecule has 0 aromatic heterocycles. The molecular formula is C14H18N2OS. The fourth-order valence-corrected chi connectivity index (χ4v) is 2.39. The molecule has 1 amide bonds. The molecule has 1 unspecified atom stereocenters. The summed E-state index contributed by atoms with van der Waals surface area (Å²) >= 11 is 4.97. The molecule has 0 bridgehead atoms. The Bertz CT molecular complexity index is 454. The Balaban J connectivity index is 1.90. The molecule has 4 heteroatoms. The van der Waals surface area contributed by atoms with Gasteiger partial charge in [-0.3, -0.25) is 4.79 Å². The van der Waals surface area contributed by atoms with Crippen molar-refractivity contribution in [1.29, 1.82) is 0 Å². The van der Waals surface area contributed by atoms with Gasteiger partial charge in [-0.2, -0.15) is 0 Å². The molecule has 96 valence electrons. The van der Waals surface area contributed by atoms with Gasteiger partial charge in [-0.05, 0) is 31.7 Å². The molecule has 0 saturated heterocycles. The summed E-state index contributed by atoms with van der Waals surface area (Å²) in [5, 5.41) is 3.01. The van der Waals surface area contributed by atoms with Gasteiger partial charge in [0.2, 0.25) is 5.91 Å². The summed E-state index contributed by atoms with van der Waals surface area (Å²) in [6, 6.07) is 10.2. The van der Waals surface area contributed by atoms with E-state index in [4.69, 9.17) is 18.0 Å². The van der Waals surface area contributed by atoms with Gasteiger partial charge in [0.05, 0.1) is 10.4 Å². The van der Waals surface area contributed by atoms with Crippen molar-refractivity contribution in [2.24, 2.45) is 11.1 Å². The number of hydrogen-bond donors (Lipinski definition) is 2. The molecule has 3 nitrogen and oxygen atoms in total. The lowest BCUT2D eigenvalue weighted by Crippen LogP contribution is -2.44. The van der Waals surface area contributed by atoms with Crippen LogP contribution in [0.5, 0.6) is 0 Å². The minimum Gasteiger partial charge on any atom is -0.392 e. The van der Waals surface area contributed by atoms with Crippen LogP contribution in [-0.2, 0) is 11.2 Å². The Hall–Kier alpha value is -1.42. The standard InChI is InChI=1S/C14H18N2OS/c1-10(9-11-5-3-2-4-6-11)16-13(17)14(7-8-14)12(15)18/h2-6,10H,7-9H2,1H3,(H2,15,18)(H,16,17). The van der Waals surface area contributed by atoms with Crippen molar-refractivity contribution in [3.63, 3.8) is 0 Å². The van der Waals surface area contributed by atoms with Crippen LogP contribution in [0.1, 0.15) is 25.3 Å². The molecular weight excluding hydrogens is 244 g/mol. The van der Waals surface area contributed by atoms with E-state index in [1.165, 1.54) is 5.56 Å². The predicted octanol–water partition coefficient (Wildman–Crippen LogP) is 1.80. The molecule has 18 heavy (non-hydrogen) atoms.